The molecule has 31 heavy (non-hydrogen) atoms. The number of oxime groups is 1. The molecule has 2 atom stereocenters. The molecular weight excluding hydrogens is 466 g/mol. The summed E-state index contributed by atoms with van der Waals surface area (Å²) in [5, 5.41) is 26.8. The van der Waals surface area contributed by atoms with Gasteiger partial charge in [0.25, 0.3) is 11.8 Å². The number of hydrogen-bond donors (Lipinski definition) is 5. The Morgan fingerprint density at radius 3 is 2.81 bits per heavy atom. The van der Waals surface area contributed by atoms with E-state index in [1.54, 1.807) is 12.3 Å². The van der Waals surface area contributed by atoms with Crippen molar-refractivity contribution in [2.45, 2.75) is 18.3 Å². The van der Waals surface area contributed by atoms with Gasteiger partial charge in [0.05, 0.1) is 5.84 Å². The topological polar surface area (TPSA) is 197 Å². The highest BCUT2D eigenvalue weighted by molar-refractivity contribution is 8.08. The lowest BCUT2D eigenvalue weighted by Crippen LogP contribution is -2.71. The molecule has 3 rings (SSSR count). The zero-order chi connectivity index (χ0) is 22.7. The van der Waals surface area contributed by atoms with E-state index in [4.69, 9.17) is 11.5 Å². The van der Waals surface area contributed by atoms with Crippen LogP contribution in [0.3, 0.4) is 0 Å². The van der Waals surface area contributed by atoms with E-state index in [2.05, 4.69) is 20.4 Å². The maximum atomic E-state index is 12.7. The quantitative estimate of drug-likeness (QED) is 0.117. The van der Waals surface area contributed by atoms with Crippen molar-refractivity contribution in [1.82, 2.24) is 15.2 Å². The van der Waals surface area contributed by atoms with Crippen LogP contribution in [0.25, 0.3) is 0 Å². The van der Waals surface area contributed by atoms with Gasteiger partial charge in [-0.05, 0) is 12.3 Å². The highest BCUT2D eigenvalue weighted by atomic mass is 32.2. The summed E-state index contributed by atoms with van der Waals surface area (Å²) in [6.07, 6.45) is 1.44. The van der Waals surface area contributed by atoms with Gasteiger partial charge in [-0.3, -0.25) is 14.5 Å². The van der Waals surface area contributed by atoms with Crippen molar-refractivity contribution in [2.75, 3.05) is 11.5 Å². The molecule has 0 aliphatic carbocycles. The second kappa shape index (κ2) is 9.40. The minimum atomic E-state index is -1.26. The van der Waals surface area contributed by atoms with Gasteiger partial charge in [-0.25, -0.2) is 14.8 Å². The highest BCUT2D eigenvalue weighted by Gasteiger charge is 2.54. The maximum Gasteiger partial charge on any atom is 0.353 e. The van der Waals surface area contributed by atoms with Crippen LogP contribution in [0.5, 0.6) is 0 Å². The second-order valence-corrected chi connectivity index (χ2v) is 9.13. The first-order valence-electron chi connectivity index (χ1n) is 8.51. The van der Waals surface area contributed by atoms with Crippen molar-refractivity contribution in [3.63, 3.8) is 0 Å². The molecule has 0 radical (unpaired) electrons. The lowest BCUT2D eigenvalue weighted by atomic mass is 10.0. The Kier molecular flexibility index (Phi) is 6.87. The molecule has 1 fully saturated rings. The predicted octanol–water partition coefficient (Wildman–Crippen LogP) is 0.181. The molecule has 2 amide bonds. The molecule has 1 aromatic rings. The van der Waals surface area contributed by atoms with Crippen LogP contribution in [-0.4, -0.2) is 66.7 Å². The molecule has 12 nitrogen and oxygen atoms in total. The third-order valence-corrected chi connectivity index (χ3v) is 7.07. The number of nitrogens with two attached hydrogens (primary N) is 2. The summed E-state index contributed by atoms with van der Waals surface area (Å²) in [5.41, 5.74) is 10.5. The lowest BCUT2D eigenvalue weighted by molar-refractivity contribution is -0.150. The molecule has 1 saturated heterocycles. The van der Waals surface area contributed by atoms with Gasteiger partial charge < -0.3 is 27.1 Å². The molecule has 164 valence electrons. The average molecular weight is 484 g/mol. The fourth-order valence-corrected chi connectivity index (χ4v) is 5.56. The number of rotatable bonds is 7. The molecule has 1 unspecified atom stereocenters. The Morgan fingerprint density at radius 2 is 2.23 bits per heavy atom. The molecular formula is C16H17N7O5S3. The zero-order valence-electron chi connectivity index (χ0n) is 15.9. The van der Waals surface area contributed by atoms with Crippen LogP contribution < -0.4 is 16.8 Å². The van der Waals surface area contributed by atoms with Crippen molar-refractivity contribution in [1.29, 1.82) is 0 Å². The number of nitrogens with zero attached hydrogens (tertiary/aromatic N) is 4. The van der Waals surface area contributed by atoms with Gasteiger partial charge in [-0.1, -0.05) is 16.9 Å². The van der Waals surface area contributed by atoms with E-state index >= 15 is 0 Å². The number of aliphatic imine (C=N–C) groups is 1. The van der Waals surface area contributed by atoms with E-state index in [1.807, 2.05) is 0 Å². The number of carbonyl (C=O) groups is 3. The summed E-state index contributed by atoms with van der Waals surface area (Å²) in [7, 11) is 0. The largest absolute Gasteiger partial charge is 0.477 e. The van der Waals surface area contributed by atoms with Crippen molar-refractivity contribution >= 4 is 69.3 Å². The molecule has 0 spiro atoms. The van der Waals surface area contributed by atoms with Gasteiger partial charge in [0.2, 0.25) is 0 Å². The van der Waals surface area contributed by atoms with E-state index in [1.165, 1.54) is 23.3 Å². The standard InChI is InChI=1S/C16H17N7O5S3/c1-6(17)19-2-3-29-8-5-30-14-10(13(25)23(14)11(8)15(26)27)21-12(24)9(22-28)7-4-31-16(18)20-7/h2-4,10,14,28H,5H2,1H3,(H2,17,19)(H2,18,20)(H,21,24)(H,26,27)/b3-2-,22-9-/t10?,14-/m1/s1. The van der Waals surface area contributed by atoms with E-state index in [-0.39, 0.29) is 16.5 Å². The van der Waals surface area contributed by atoms with Crippen LogP contribution in [0.15, 0.2) is 37.7 Å². The molecule has 0 bridgehead atoms. The monoisotopic (exact) mass is 483 g/mol. The fraction of sp³-hybridized carbons (Fsp3) is 0.250. The first kappa shape index (κ1) is 22.6. The van der Waals surface area contributed by atoms with Crippen LogP contribution in [-0.2, 0) is 14.4 Å². The first-order valence-corrected chi connectivity index (χ1v) is 11.3. The van der Waals surface area contributed by atoms with Gasteiger partial charge in [0, 0.05) is 22.2 Å². The Morgan fingerprint density at radius 1 is 1.48 bits per heavy atom. The Labute approximate surface area is 188 Å². The molecule has 15 heteroatoms. The average Bonchev–Trinajstić information content (AvgIpc) is 3.14. The second-order valence-electron chi connectivity index (χ2n) is 6.13. The minimum absolute atomic E-state index is 0.0643. The molecule has 2 aliphatic heterocycles. The zero-order valence-corrected chi connectivity index (χ0v) is 18.3. The number of amides is 2. The van der Waals surface area contributed by atoms with Crippen molar-refractivity contribution < 1.29 is 24.7 Å². The van der Waals surface area contributed by atoms with Crippen molar-refractivity contribution in [2.24, 2.45) is 15.9 Å². The molecule has 0 aromatic carbocycles. The summed E-state index contributed by atoms with van der Waals surface area (Å²) >= 11 is 3.48. The number of thioether (sulfide) groups is 2. The maximum absolute atomic E-state index is 12.7. The number of nitrogen functional groups attached to an aromatic ring is 1. The van der Waals surface area contributed by atoms with Gasteiger partial charge >= 0.3 is 5.97 Å². The van der Waals surface area contributed by atoms with Crippen LogP contribution in [0.2, 0.25) is 0 Å². The normalized spacial score (nSPS) is 21.8. The molecule has 3 heterocycles. The van der Waals surface area contributed by atoms with Crippen molar-refractivity contribution in [3.8, 4) is 0 Å². The molecule has 0 saturated carbocycles. The number of aromatic nitrogens is 1. The van der Waals surface area contributed by atoms with Crippen LogP contribution >= 0.6 is 34.9 Å². The number of β-lactam (4-membered cyclic amide) rings is 1. The summed E-state index contributed by atoms with van der Waals surface area (Å²) in [6.45, 7) is 1.61. The van der Waals surface area contributed by atoms with Gasteiger partial charge in [-0.2, -0.15) is 0 Å². The SMILES string of the molecule is CC(N)=N/C=C\SC1=C(C(=O)O)N2C(=O)C(NC(=O)/C(=N\O)c3csc(N)n3)[C@H]2SC1. The number of anilines is 1. The van der Waals surface area contributed by atoms with Gasteiger partial charge in [0.15, 0.2) is 10.8 Å². The molecule has 1 aromatic heterocycles. The van der Waals surface area contributed by atoms with Crippen LogP contribution in [0.4, 0.5) is 5.13 Å². The van der Waals surface area contributed by atoms with Gasteiger partial charge in [0.1, 0.15) is 22.8 Å². The number of aliphatic carboxylic acids is 1. The lowest BCUT2D eigenvalue weighted by Gasteiger charge is -2.49. The number of carboxylic acids is 1. The Bertz CT molecular complexity index is 1040. The third kappa shape index (κ3) is 4.67. The molecule has 7 N–H and O–H groups in total. The van der Waals surface area contributed by atoms with Crippen LogP contribution in [0.1, 0.15) is 12.6 Å². The number of amidine groups is 1. The smallest absolute Gasteiger partial charge is 0.353 e. The number of nitrogens with one attached hydrogen (secondary N) is 1. The number of fused-ring (bicyclic) bond motifs is 1. The van der Waals surface area contributed by atoms with Gasteiger partial charge in [-0.15, -0.1) is 23.1 Å². The predicted molar refractivity (Wildman–Crippen MR) is 119 cm³/mol. The summed E-state index contributed by atoms with van der Waals surface area (Å²) in [6, 6.07) is -0.980. The number of hydrogen-bond acceptors (Lipinski definition) is 11. The minimum Gasteiger partial charge on any atom is -0.477 e. The van der Waals surface area contributed by atoms with Crippen molar-refractivity contribution in [3.05, 3.63) is 33.3 Å². The van der Waals surface area contributed by atoms with E-state index in [0.29, 0.717) is 16.5 Å². The van der Waals surface area contributed by atoms with E-state index < -0.39 is 34.9 Å². The Balaban J connectivity index is 1.74. The summed E-state index contributed by atoms with van der Waals surface area (Å²) < 4.78 is 0. The first-order chi connectivity index (χ1) is 14.7. The highest BCUT2D eigenvalue weighted by Crippen LogP contribution is 2.43. The fourth-order valence-electron chi connectivity index (χ4n) is 2.76. The van der Waals surface area contributed by atoms with Crippen LogP contribution in [0, 0.1) is 0 Å². The third-order valence-electron chi connectivity index (χ3n) is 4.05. The molecule has 2 aliphatic rings. The number of thiazole rings is 1. The number of carboxylic acid groups (broad SMARTS) is 1. The number of carbonyl (C=O) groups excluding carboxylic acids is 2. The summed E-state index contributed by atoms with van der Waals surface area (Å²) in [5.74, 6) is -2.01. The van der Waals surface area contributed by atoms with E-state index in [0.717, 1.165) is 28.0 Å². The summed E-state index contributed by atoms with van der Waals surface area (Å²) in [4.78, 5) is 46.3. The Hall–Kier alpha value is -3.04. The van der Waals surface area contributed by atoms with E-state index in [9.17, 15) is 24.7 Å².